The zero-order valence-electron chi connectivity index (χ0n) is 12.9. The Balaban J connectivity index is 2.06. The molecule has 1 heterocycles. The number of nitrogens with zero attached hydrogens (tertiary/aromatic N) is 2. The lowest BCUT2D eigenvalue weighted by atomic mass is 10.1. The second-order valence-corrected chi connectivity index (χ2v) is 5.54. The van der Waals surface area contributed by atoms with Crippen molar-refractivity contribution in [1.29, 1.82) is 0 Å². The molecule has 0 bridgehead atoms. The van der Waals surface area contributed by atoms with Gasteiger partial charge in [-0.2, -0.15) is 0 Å². The van der Waals surface area contributed by atoms with Gasteiger partial charge in [-0.15, -0.1) is 0 Å². The van der Waals surface area contributed by atoms with Crippen LogP contribution >= 0.6 is 0 Å². The summed E-state index contributed by atoms with van der Waals surface area (Å²) in [6, 6.07) is 0. The fourth-order valence-corrected chi connectivity index (χ4v) is 2.34. The van der Waals surface area contributed by atoms with Crippen molar-refractivity contribution in [2.45, 2.75) is 44.9 Å². The number of carbonyl (C=O) groups is 1. The van der Waals surface area contributed by atoms with Crippen LogP contribution in [0.15, 0.2) is 0 Å². The van der Waals surface area contributed by atoms with E-state index < -0.39 is 0 Å². The van der Waals surface area contributed by atoms with Crippen LogP contribution in [-0.4, -0.2) is 55.5 Å². The highest BCUT2D eigenvalue weighted by atomic mass is 16.2. The second-order valence-electron chi connectivity index (χ2n) is 5.54. The SMILES string of the molecule is CN(CC#CCN1CCCC1)C(=O)CCCCCCN. The van der Waals surface area contributed by atoms with Gasteiger partial charge in [0, 0.05) is 13.5 Å². The van der Waals surface area contributed by atoms with Gasteiger partial charge in [0.1, 0.15) is 0 Å². The van der Waals surface area contributed by atoms with E-state index in [1.807, 2.05) is 7.05 Å². The van der Waals surface area contributed by atoms with Crippen LogP contribution in [0.5, 0.6) is 0 Å². The molecular formula is C16H29N3O. The Labute approximate surface area is 123 Å². The monoisotopic (exact) mass is 279 g/mol. The smallest absolute Gasteiger partial charge is 0.223 e. The molecule has 1 saturated heterocycles. The summed E-state index contributed by atoms with van der Waals surface area (Å²) in [5.74, 6) is 6.47. The van der Waals surface area contributed by atoms with Crippen molar-refractivity contribution in [2.24, 2.45) is 5.73 Å². The number of amides is 1. The number of likely N-dealkylation sites (tertiary alicyclic amines) is 1. The van der Waals surface area contributed by atoms with E-state index >= 15 is 0 Å². The molecule has 0 radical (unpaired) electrons. The largest absolute Gasteiger partial charge is 0.335 e. The predicted molar refractivity (Wildman–Crippen MR) is 83.2 cm³/mol. The Kier molecular flexibility index (Phi) is 9.10. The minimum absolute atomic E-state index is 0.202. The summed E-state index contributed by atoms with van der Waals surface area (Å²) in [4.78, 5) is 16.0. The maximum Gasteiger partial charge on any atom is 0.223 e. The Bertz CT molecular complexity index is 326. The highest BCUT2D eigenvalue weighted by molar-refractivity contribution is 5.76. The summed E-state index contributed by atoms with van der Waals surface area (Å²) in [5.41, 5.74) is 5.44. The van der Waals surface area contributed by atoms with E-state index in [0.29, 0.717) is 13.0 Å². The molecule has 1 aliphatic heterocycles. The molecular weight excluding hydrogens is 250 g/mol. The molecule has 0 spiro atoms. The normalized spacial score (nSPS) is 14.9. The molecule has 1 aliphatic rings. The molecule has 114 valence electrons. The Morgan fingerprint density at radius 3 is 2.55 bits per heavy atom. The molecule has 20 heavy (non-hydrogen) atoms. The molecule has 0 unspecified atom stereocenters. The lowest BCUT2D eigenvalue weighted by molar-refractivity contribution is -0.129. The van der Waals surface area contributed by atoms with Crippen LogP contribution < -0.4 is 5.73 Å². The van der Waals surface area contributed by atoms with Crippen molar-refractivity contribution in [3.05, 3.63) is 0 Å². The number of nitrogens with two attached hydrogens (primary N) is 1. The molecule has 0 aromatic rings. The fraction of sp³-hybridized carbons (Fsp3) is 0.812. The Morgan fingerprint density at radius 2 is 1.85 bits per heavy atom. The van der Waals surface area contributed by atoms with Gasteiger partial charge in [-0.25, -0.2) is 0 Å². The van der Waals surface area contributed by atoms with Gasteiger partial charge in [-0.1, -0.05) is 24.7 Å². The van der Waals surface area contributed by atoms with Crippen molar-refractivity contribution >= 4 is 5.91 Å². The van der Waals surface area contributed by atoms with E-state index in [0.717, 1.165) is 38.8 Å². The van der Waals surface area contributed by atoms with Gasteiger partial charge < -0.3 is 10.6 Å². The van der Waals surface area contributed by atoms with Crippen LogP contribution in [0.3, 0.4) is 0 Å². The van der Waals surface area contributed by atoms with E-state index in [9.17, 15) is 4.79 Å². The number of rotatable bonds is 8. The van der Waals surface area contributed by atoms with Crippen molar-refractivity contribution in [3.8, 4) is 11.8 Å². The highest BCUT2D eigenvalue weighted by Crippen LogP contribution is 2.05. The van der Waals surface area contributed by atoms with E-state index in [1.54, 1.807) is 4.90 Å². The topological polar surface area (TPSA) is 49.6 Å². The van der Waals surface area contributed by atoms with Crippen LogP contribution in [0.4, 0.5) is 0 Å². The third-order valence-corrected chi connectivity index (χ3v) is 3.71. The number of hydrogen-bond donors (Lipinski definition) is 1. The fourth-order valence-electron chi connectivity index (χ4n) is 2.34. The summed E-state index contributed by atoms with van der Waals surface area (Å²) < 4.78 is 0. The molecule has 1 fully saturated rings. The van der Waals surface area contributed by atoms with Gasteiger partial charge in [0.2, 0.25) is 5.91 Å². The van der Waals surface area contributed by atoms with Gasteiger partial charge in [-0.3, -0.25) is 9.69 Å². The molecule has 0 atom stereocenters. The lowest BCUT2D eigenvalue weighted by Gasteiger charge is -2.14. The van der Waals surface area contributed by atoms with Crippen LogP contribution in [0.25, 0.3) is 0 Å². The van der Waals surface area contributed by atoms with E-state index in [-0.39, 0.29) is 5.91 Å². The van der Waals surface area contributed by atoms with Crippen molar-refractivity contribution in [3.63, 3.8) is 0 Å². The number of hydrogen-bond acceptors (Lipinski definition) is 3. The maximum atomic E-state index is 11.8. The Hall–Kier alpha value is -1.05. The molecule has 0 aliphatic carbocycles. The molecule has 0 saturated carbocycles. The van der Waals surface area contributed by atoms with Crippen LogP contribution in [0, 0.1) is 11.8 Å². The van der Waals surface area contributed by atoms with Gasteiger partial charge >= 0.3 is 0 Å². The summed E-state index contributed by atoms with van der Waals surface area (Å²) in [7, 11) is 1.84. The first-order valence-corrected chi connectivity index (χ1v) is 7.86. The lowest BCUT2D eigenvalue weighted by Crippen LogP contribution is -2.27. The predicted octanol–water partition coefficient (Wildman–Crippen LogP) is 1.45. The van der Waals surface area contributed by atoms with Crippen LogP contribution in [-0.2, 0) is 4.79 Å². The number of unbranched alkanes of at least 4 members (excludes halogenated alkanes) is 3. The molecule has 0 aromatic heterocycles. The van der Waals surface area contributed by atoms with Crippen molar-refractivity contribution in [1.82, 2.24) is 9.80 Å². The molecule has 0 aromatic carbocycles. The van der Waals surface area contributed by atoms with Crippen LogP contribution in [0.1, 0.15) is 44.9 Å². The zero-order chi connectivity index (χ0) is 14.6. The zero-order valence-corrected chi connectivity index (χ0v) is 12.9. The average Bonchev–Trinajstić information content (AvgIpc) is 2.96. The summed E-state index contributed by atoms with van der Waals surface area (Å²) in [6.45, 7) is 4.50. The van der Waals surface area contributed by atoms with Gasteiger partial charge in [0.15, 0.2) is 0 Å². The van der Waals surface area contributed by atoms with E-state index in [1.165, 1.54) is 25.9 Å². The molecule has 4 heteroatoms. The first-order chi connectivity index (χ1) is 9.74. The van der Waals surface area contributed by atoms with E-state index in [2.05, 4.69) is 16.7 Å². The molecule has 4 nitrogen and oxygen atoms in total. The summed E-state index contributed by atoms with van der Waals surface area (Å²) in [6.07, 6.45) is 7.47. The first kappa shape index (κ1) is 17.0. The van der Waals surface area contributed by atoms with Crippen LogP contribution in [0.2, 0.25) is 0 Å². The summed E-state index contributed by atoms with van der Waals surface area (Å²) >= 11 is 0. The van der Waals surface area contributed by atoms with Gasteiger partial charge in [0.05, 0.1) is 13.1 Å². The minimum atomic E-state index is 0.202. The van der Waals surface area contributed by atoms with Crippen molar-refractivity contribution < 1.29 is 4.79 Å². The molecule has 1 rings (SSSR count). The maximum absolute atomic E-state index is 11.8. The minimum Gasteiger partial charge on any atom is -0.335 e. The van der Waals surface area contributed by atoms with E-state index in [4.69, 9.17) is 5.73 Å². The first-order valence-electron chi connectivity index (χ1n) is 7.86. The third kappa shape index (κ3) is 7.52. The van der Waals surface area contributed by atoms with Gasteiger partial charge in [0.25, 0.3) is 0 Å². The summed E-state index contributed by atoms with van der Waals surface area (Å²) in [5, 5.41) is 0. The second kappa shape index (κ2) is 10.7. The highest BCUT2D eigenvalue weighted by Gasteiger charge is 2.09. The molecule has 1 amide bonds. The van der Waals surface area contributed by atoms with Gasteiger partial charge in [-0.05, 0) is 45.3 Å². The average molecular weight is 279 g/mol. The molecule has 2 N–H and O–H groups in total. The Morgan fingerprint density at radius 1 is 1.15 bits per heavy atom. The standard InChI is InChI=1S/C16H29N3O/c1-18(16(20)10-4-2-3-5-11-17)12-6-7-13-19-14-8-9-15-19/h2-5,8-15,17H2,1H3. The quantitative estimate of drug-likeness (QED) is 0.540. The third-order valence-electron chi connectivity index (χ3n) is 3.71. The van der Waals surface area contributed by atoms with Crippen molar-refractivity contribution in [2.75, 3.05) is 39.8 Å². The number of carbonyl (C=O) groups excluding carboxylic acids is 1.